The van der Waals surface area contributed by atoms with E-state index in [9.17, 15) is 19.8 Å². The van der Waals surface area contributed by atoms with Crippen LogP contribution < -0.4 is 5.32 Å². The summed E-state index contributed by atoms with van der Waals surface area (Å²) in [4.78, 5) is 24.6. The van der Waals surface area contributed by atoms with Crippen molar-refractivity contribution in [3.8, 4) is 0 Å². The van der Waals surface area contributed by atoms with Crippen molar-refractivity contribution in [2.24, 2.45) is 0 Å². The van der Waals surface area contributed by atoms with Gasteiger partial charge >= 0.3 is 5.97 Å². The van der Waals surface area contributed by atoms with Crippen LogP contribution in [-0.4, -0.2) is 47.4 Å². The highest BCUT2D eigenvalue weighted by atomic mass is 16.5. The maximum atomic E-state index is 12.5. The molecular weight excluding hydrogens is 1010 g/mol. The van der Waals surface area contributed by atoms with Crippen molar-refractivity contribution in [3.63, 3.8) is 0 Å². The van der Waals surface area contributed by atoms with Gasteiger partial charge in [-0.05, 0) is 57.8 Å². The first-order chi connectivity index (χ1) is 40.5. The summed E-state index contributed by atoms with van der Waals surface area (Å²) >= 11 is 0. The fourth-order valence-corrected chi connectivity index (χ4v) is 12.0. The molecule has 0 saturated carbocycles. The summed E-state index contributed by atoms with van der Waals surface area (Å²) < 4.78 is 5.50. The van der Waals surface area contributed by atoms with Crippen molar-refractivity contribution in [3.05, 3.63) is 24.3 Å². The molecule has 0 aromatic heterocycles. The van der Waals surface area contributed by atoms with Crippen LogP contribution in [0.5, 0.6) is 0 Å². The van der Waals surface area contributed by atoms with Gasteiger partial charge in [0.1, 0.15) is 0 Å². The molecule has 0 aromatic rings. The Morgan fingerprint density at radius 3 is 0.866 bits per heavy atom. The van der Waals surface area contributed by atoms with E-state index in [-0.39, 0.29) is 18.5 Å². The van der Waals surface area contributed by atoms with E-state index in [2.05, 4.69) is 31.3 Å². The molecular formula is C76H147NO5. The number of unbranched alkanes of at least 4 members (excludes halogenated alkanes) is 58. The minimum absolute atomic E-state index is 0.0133. The molecule has 0 bridgehead atoms. The average molecular weight is 1160 g/mol. The molecule has 6 nitrogen and oxygen atoms in total. The fraction of sp³-hybridized carbons (Fsp3) is 0.921. The highest BCUT2D eigenvalue weighted by Crippen LogP contribution is 2.19. The molecule has 0 aliphatic rings. The Bertz CT molecular complexity index is 1280. The lowest BCUT2D eigenvalue weighted by molar-refractivity contribution is -0.143. The third-order valence-electron chi connectivity index (χ3n) is 17.7. The van der Waals surface area contributed by atoms with Gasteiger partial charge in [-0.1, -0.05) is 378 Å². The van der Waals surface area contributed by atoms with Crippen LogP contribution >= 0.6 is 0 Å². The zero-order valence-electron chi connectivity index (χ0n) is 55.8. The second-order valence-corrected chi connectivity index (χ2v) is 26.0. The average Bonchev–Trinajstić information content (AvgIpc) is 3.48. The summed E-state index contributed by atoms with van der Waals surface area (Å²) in [5, 5.41) is 23.2. The molecule has 486 valence electrons. The predicted octanol–water partition coefficient (Wildman–Crippen LogP) is 24.5. The molecule has 0 fully saturated rings. The van der Waals surface area contributed by atoms with Crippen LogP contribution in [0.1, 0.15) is 425 Å². The Morgan fingerprint density at radius 2 is 0.573 bits per heavy atom. The summed E-state index contributed by atoms with van der Waals surface area (Å²) in [6, 6.07) is -0.625. The number of allylic oxidation sites excluding steroid dienone is 3. The van der Waals surface area contributed by atoms with Crippen molar-refractivity contribution in [2.45, 2.75) is 437 Å². The van der Waals surface area contributed by atoms with Crippen LogP contribution in [-0.2, 0) is 14.3 Å². The normalized spacial score (nSPS) is 12.6. The summed E-state index contributed by atoms with van der Waals surface area (Å²) in [6.07, 6.45) is 91.4. The number of hydrogen-bond acceptors (Lipinski definition) is 5. The van der Waals surface area contributed by atoms with Crippen LogP contribution in [0.2, 0.25) is 0 Å². The second kappa shape index (κ2) is 71.8. The van der Waals surface area contributed by atoms with Crippen molar-refractivity contribution < 1.29 is 24.5 Å². The third-order valence-corrected chi connectivity index (χ3v) is 17.7. The van der Waals surface area contributed by atoms with Gasteiger partial charge in [0.05, 0.1) is 25.4 Å². The van der Waals surface area contributed by atoms with Crippen LogP contribution in [0, 0.1) is 0 Å². The monoisotopic (exact) mass is 1150 g/mol. The molecule has 82 heavy (non-hydrogen) atoms. The van der Waals surface area contributed by atoms with Crippen molar-refractivity contribution in [1.82, 2.24) is 5.32 Å². The maximum absolute atomic E-state index is 12.5. The molecule has 0 aliphatic carbocycles. The van der Waals surface area contributed by atoms with Gasteiger partial charge < -0.3 is 20.3 Å². The summed E-state index contributed by atoms with van der Waals surface area (Å²) in [6.45, 7) is 4.94. The lowest BCUT2D eigenvalue weighted by Gasteiger charge is -2.20. The lowest BCUT2D eigenvalue weighted by Crippen LogP contribution is -2.45. The zero-order chi connectivity index (χ0) is 59.2. The highest BCUT2D eigenvalue weighted by Gasteiger charge is 2.18. The van der Waals surface area contributed by atoms with Gasteiger partial charge in [-0.2, -0.15) is 0 Å². The minimum Gasteiger partial charge on any atom is -0.466 e. The van der Waals surface area contributed by atoms with E-state index < -0.39 is 12.1 Å². The third kappa shape index (κ3) is 67.5. The molecule has 0 aliphatic heterocycles. The van der Waals surface area contributed by atoms with E-state index in [1.807, 2.05) is 6.08 Å². The van der Waals surface area contributed by atoms with Gasteiger partial charge in [-0.15, -0.1) is 0 Å². The first kappa shape index (κ1) is 80.3. The summed E-state index contributed by atoms with van der Waals surface area (Å²) in [5.41, 5.74) is 0. The van der Waals surface area contributed by atoms with Crippen molar-refractivity contribution >= 4 is 11.9 Å². The fourth-order valence-electron chi connectivity index (χ4n) is 12.0. The smallest absolute Gasteiger partial charge is 0.305 e. The van der Waals surface area contributed by atoms with Crippen LogP contribution in [0.4, 0.5) is 0 Å². The first-order valence-corrected chi connectivity index (χ1v) is 37.6. The van der Waals surface area contributed by atoms with E-state index in [1.54, 1.807) is 6.08 Å². The molecule has 3 N–H and O–H groups in total. The number of aliphatic hydroxyl groups excluding tert-OH is 2. The van der Waals surface area contributed by atoms with Crippen LogP contribution in [0.3, 0.4) is 0 Å². The highest BCUT2D eigenvalue weighted by molar-refractivity contribution is 5.76. The number of esters is 1. The van der Waals surface area contributed by atoms with E-state index in [0.717, 1.165) is 44.9 Å². The number of rotatable bonds is 71. The van der Waals surface area contributed by atoms with Gasteiger partial charge in [0.2, 0.25) is 5.91 Å². The Morgan fingerprint density at radius 1 is 0.329 bits per heavy atom. The molecule has 2 atom stereocenters. The molecule has 0 rings (SSSR count). The predicted molar refractivity (Wildman–Crippen MR) is 361 cm³/mol. The Kier molecular flexibility index (Phi) is 70.4. The molecule has 0 radical (unpaired) electrons. The molecule has 0 aromatic carbocycles. The second-order valence-electron chi connectivity index (χ2n) is 26.0. The standard InChI is InChI=1S/C76H147NO5/c1-3-5-7-9-11-13-15-17-19-21-34-37-40-44-48-52-56-60-64-68-74(79)73(72-78)77-75(80)69-65-61-57-53-49-45-41-38-35-32-30-28-26-24-22-23-25-27-29-31-33-36-39-43-47-51-55-59-63-67-71-82-76(81)70-66-62-58-54-50-46-42-20-18-16-14-12-10-8-6-4-2/h20,42,64,68,73-74,78-79H,3-19,21-41,43-63,65-67,69-72H2,1-2H3,(H,77,80)/b42-20-,68-64+. The maximum Gasteiger partial charge on any atom is 0.305 e. The van der Waals surface area contributed by atoms with E-state index >= 15 is 0 Å². The van der Waals surface area contributed by atoms with Crippen molar-refractivity contribution in [1.29, 1.82) is 0 Å². The van der Waals surface area contributed by atoms with Gasteiger partial charge in [0, 0.05) is 12.8 Å². The SMILES string of the molecule is CCCCCCCCC/C=C\CCCCCCCC(=O)OCCCCCCCCCCCCCCCCCCCCCCCCCCCCCCCCC(=O)NC(CO)C(O)/C=C/CCCCCCCCCCCCCCCCCCC. The molecule has 6 heteroatoms. The Labute approximate surface area is 513 Å². The molecule has 0 heterocycles. The van der Waals surface area contributed by atoms with Gasteiger partial charge in [-0.25, -0.2) is 0 Å². The van der Waals surface area contributed by atoms with Crippen LogP contribution in [0.25, 0.3) is 0 Å². The zero-order valence-corrected chi connectivity index (χ0v) is 55.8. The Balaban J connectivity index is 3.35. The Hall–Kier alpha value is -1.66. The molecule has 2 unspecified atom stereocenters. The number of hydrogen-bond donors (Lipinski definition) is 3. The largest absolute Gasteiger partial charge is 0.466 e. The number of amides is 1. The quantitative estimate of drug-likeness (QED) is 0.0320. The van der Waals surface area contributed by atoms with Crippen LogP contribution in [0.15, 0.2) is 24.3 Å². The summed E-state index contributed by atoms with van der Waals surface area (Å²) in [7, 11) is 0. The number of aliphatic hydroxyl groups is 2. The number of ether oxygens (including phenoxy) is 1. The van der Waals surface area contributed by atoms with E-state index in [0.29, 0.717) is 19.4 Å². The van der Waals surface area contributed by atoms with Crippen molar-refractivity contribution in [2.75, 3.05) is 13.2 Å². The van der Waals surface area contributed by atoms with E-state index in [4.69, 9.17) is 4.74 Å². The lowest BCUT2D eigenvalue weighted by atomic mass is 10.0. The van der Waals surface area contributed by atoms with Gasteiger partial charge in [0.25, 0.3) is 0 Å². The van der Waals surface area contributed by atoms with Gasteiger partial charge in [-0.3, -0.25) is 9.59 Å². The molecule has 1 amide bonds. The minimum atomic E-state index is -0.842. The number of carbonyl (C=O) groups excluding carboxylic acids is 2. The number of carbonyl (C=O) groups is 2. The topological polar surface area (TPSA) is 95.9 Å². The molecule has 0 spiro atoms. The van der Waals surface area contributed by atoms with E-state index in [1.165, 1.54) is 353 Å². The molecule has 0 saturated heterocycles. The number of nitrogens with one attached hydrogen (secondary N) is 1. The summed E-state index contributed by atoms with van der Waals surface area (Å²) in [5.74, 6) is -0.0468. The van der Waals surface area contributed by atoms with Gasteiger partial charge in [0.15, 0.2) is 0 Å². The first-order valence-electron chi connectivity index (χ1n) is 37.6.